The molecule has 1 aromatic heterocycles. The van der Waals surface area contributed by atoms with Gasteiger partial charge in [-0.3, -0.25) is 24.7 Å². The van der Waals surface area contributed by atoms with Crippen molar-refractivity contribution in [3.63, 3.8) is 0 Å². The summed E-state index contributed by atoms with van der Waals surface area (Å²) in [5.74, 6) is -0.556. The SMILES string of the molecule is CCc1ccc(/C=C2/SC(=S)N(CCCC(=O)Nn3c(C)cc(C)c(C#N)c3=O)C2=O)cc1. The van der Waals surface area contributed by atoms with Crippen LogP contribution >= 0.6 is 24.0 Å². The maximum absolute atomic E-state index is 12.8. The molecule has 1 saturated heterocycles. The van der Waals surface area contributed by atoms with Crippen LogP contribution in [-0.2, 0) is 16.0 Å². The molecule has 0 saturated carbocycles. The number of aromatic nitrogens is 1. The number of hydrogen-bond donors (Lipinski definition) is 1. The first-order valence-electron chi connectivity index (χ1n) is 10.5. The zero-order valence-electron chi connectivity index (χ0n) is 18.7. The third-order valence-electron chi connectivity index (χ3n) is 5.28. The van der Waals surface area contributed by atoms with Gasteiger partial charge in [0.2, 0.25) is 5.91 Å². The Labute approximate surface area is 202 Å². The van der Waals surface area contributed by atoms with E-state index in [0.29, 0.717) is 33.4 Å². The van der Waals surface area contributed by atoms with Gasteiger partial charge in [0.05, 0.1) is 4.91 Å². The number of thioether (sulfide) groups is 1. The van der Waals surface area contributed by atoms with Crippen molar-refractivity contribution in [1.29, 1.82) is 5.26 Å². The van der Waals surface area contributed by atoms with Crippen LogP contribution in [0.5, 0.6) is 0 Å². The zero-order chi connectivity index (χ0) is 24.1. The molecule has 0 unspecified atom stereocenters. The minimum absolute atomic E-state index is 0.00501. The third kappa shape index (κ3) is 5.59. The van der Waals surface area contributed by atoms with Crippen LogP contribution in [-0.4, -0.2) is 32.3 Å². The number of nitrogens with one attached hydrogen (secondary N) is 1. The molecular formula is C24H24N4O3S2. The normalized spacial score (nSPS) is 14.6. The van der Waals surface area contributed by atoms with Gasteiger partial charge in [-0.15, -0.1) is 0 Å². The molecule has 0 atom stereocenters. The number of rotatable bonds is 7. The van der Waals surface area contributed by atoms with Crippen molar-refractivity contribution in [3.8, 4) is 6.07 Å². The summed E-state index contributed by atoms with van der Waals surface area (Å²) in [5.41, 5.74) is 5.23. The lowest BCUT2D eigenvalue weighted by molar-refractivity contribution is -0.123. The lowest BCUT2D eigenvalue weighted by atomic mass is 10.1. The van der Waals surface area contributed by atoms with Crippen molar-refractivity contribution in [2.75, 3.05) is 12.0 Å². The average molecular weight is 481 g/mol. The van der Waals surface area contributed by atoms with Crippen LogP contribution in [0.3, 0.4) is 0 Å². The van der Waals surface area contributed by atoms with Gasteiger partial charge in [0.1, 0.15) is 16.0 Å². The number of thiocarbonyl (C=S) groups is 1. The molecule has 1 fully saturated rings. The van der Waals surface area contributed by atoms with Gasteiger partial charge in [-0.25, -0.2) is 4.68 Å². The molecule has 33 heavy (non-hydrogen) atoms. The Balaban J connectivity index is 1.59. The average Bonchev–Trinajstić information content (AvgIpc) is 3.04. The summed E-state index contributed by atoms with van der Waals surface area (Å²) in [6.07, 6.45) is 3.25. The van der Waals surface area contributed by atoms with E-state index in [1.165, 1.54) is 22.2 Å². The van der Waals surface area contributed by atoms with Crippen molar-refractivity contribution in [2.45, 2.75) is 40.0 Å². The van der Waals surface area contributed by atoms with E-state index in [1.54, 1.807) is 19.9 Å². The molecule has 2 aromatic rings. The molecule has 3 rings (SSSR count). The number of pyridine rings is 1. The molecule has 1 N–H and O–H groups in total. The van der Waals surface area contributed by atoms with E-state index in [2.05, 4.69) is 12.3 Å². The number of benzene rings is 1. The number of carbonyl (C=O) groups excluding carboxylic acids is 2. The van der Waals surface area contributed by atoms with Crippen molar-refractivity contribution >= 4 is 46.2 Å². The second-order valence-electron chi connectivity index (χ2n) is 7.66. The van der Waals surface area contributed by atoms with Crippen LogP contribution in [0.15, 0.2) is 40.0 Å². The number of carbonyl (C=O) groups is 2. The van der Waals surface area contributed by atoms with Crippen molar-refractivity contribution in [2.24, 2.45) is 0 Å². The zero-order valence-corrected chi connectivity index (χ0v) is 20.3. The predicted molar refractivity (Wildman–Crippen MR) is 134 cm³/mol. The summed E-state index contributed by atoms with van der Waals surface area (Å²) in [7, 11) is 0. The third-order valence-corrected chi connectivity index (χ3v) is 6.66. The second kappa shape index (κ2) is 10.6. The van der Waals surface area contributed by atoms with Crippen LogP contribution in [0, 0.1) is 25.2 Å². The van der Waals surface area contributed by atoms with E-state index in [0.717, 1.165) is 16.7 Å². The summed E-state index contributed by atoms with van der Waals surface area (Å²) < 4.78 is 1.54. The van der Waals surface area contributed by atoms with E-state index in [1.807, 2.05) is 36.4 Å². The Morgan fingerprint density at radius 3 is 2.58 bits per heavy atom. The summed E-state index contributed by atoms with van der Waals surface area (Å²) in [4.78, 5) is 39.6. The monoisotopic (exact) mass is 480 g/mol. The van der Waals surface area contributed by atoms with Crippen LogP contribution in [0.25, 0.3) is 6.08 Å². The van der Waals surface area contributed by atoms with Crippen LogP contribution in [0.4, 0.5) is 0 Å². The molecule has 1 aliphatic rings. The number of hydrogen-bond acceptors (Lipinski definition) is 6. The minimum atomic E-state index is -0.558. The molecular weight excluding hydrogens is 456 g/mol. The van der Waals surface area contributed by atoms with Gasteiger partial charge < -0.3 is 0 Å². The first-order valence-corrected chi connectivity index (χ1v) is 11.7. The van der Waals surface area contributed by atoms with Gasteiger partial charge in [-0.05, 0) is 55.5 Å². The highest BCUT2D eigenvalue weighted by Gasteiger charge is 2.31. The van der Waals surface area contributed by atoms with Crippen LogP contribution < -0.4 is 11.0 Å². The maximum atomic E-state index is 12.8. The van der Waals surface area contributed by atoms with Crippen molar-refractivity contribution in [3.05, 3.63) is 73.5 Å². The van der Waals surface area contributed by atoms with E-state index < -0.39 is 5.56 Å². The molecule has 2 amide bonds. The Morgan fingerprint density at radius 1 is 1.24 bits per heavy atom. The fourth-order valence-corrected chi connectivity index (χ4v) is 4.75. The molecule has 0 radical (unpaired) electrons. The molecule has 7 nitrogen and oxygen atoms in total. The first-order chi connectivity index (χ1) is 15.7. The van der Waals surface area contributed by atoms with Crippen molar-refractivity contribution in [1.82, 2.24) is 9.58 Å². The molecule has 9 heteroatoms. The molecule has 0 spiro atoms. The van der Waals surface area contributed by atoms with E-state index in [4.69, 9.17) is 17.5 Å². The smallest absolute Gasteiger partial charge is 0.287 e. The molecule has 0 bridgehead atoms. The van der Waals surface area contributed by atoms with Gasteiger partial charge >= 0.3 is 0 Å². The maximum Gasteiger partial charge on any atom is 0.287 e. The highest BCUT2D eigenvalue weighted by atomic mass is 32.2. The molecule has 0 aliphatic carbocycles. The predicted octanol–water partition coefficient (Wildman–Crippen LogP) is 3.65. The van der Waals surface area contributed by atoms with Gasteiger partial charge in [-0.1, -0.05) is 55.2 Å². The Hall–Kier alpha value is -3.22. The summed E-state index contributed by atoms with van der Waals surface area (Å²) in [6.45, 7) is 5.74. The highest BCUT2D eigenvalue weighted by Crippen LogP contribution is 2.32. The lowest BCUT2D eigenvalue weighted by Crippen LogP contribution is -2.36. The largest absolute Gasteiger partial charge is 0.293 e. The topological polar surface area (TPSA) is 95.2 Å². The number of nitriles is 1. The standard InChI is InChI=1S/C24H24N4O3S2/c1-4-17-7-9-18(10-8-17)13-20-23(31)27(24(32)33-20)11-5-6-21(29)26-28-16(3)12-15(2)19(14-25)22(28)30/h7-10,12-13H,4-6,11H2,1-3H3,(H,26,29)/b20-13+. The summed E-state index contributed by atoms with van der Waals surface area (Å²) >= 11 is 6.61. The number of amides is 2. The van der Waals surface area contributed by atoms with Gasteiger partial charge in [0.15, 0.2) is 0 Å². The van der Waals surface area contributed by atoms with Gasteiger partial charge in [0.25, 0.3) is 11.5 Å². The van der Waals surface area contributed by atoms with Crippen LogP contribution in [0.2, 0.25) is 0 Å². The number of nitrogens with zero attached hydrogens (tertiary/aromatic N) is 3. The second-order valence-corrected chi connectivity index (χ2v) is 9.34. The minimum Gasteiger partial charge on any atom is -0.293 e. The fraction of sp³-hybridized carbons (Fsp3) is 0.292. The summed E-state index contributed by atoms with van der Waals surface area (Å²) in [5, 5.41) is 9.17. The van der Waals surface area contributed by atoms with Crippen LogP contribution in [0.1, 0.15) is 47.7 Å². The van der Waals surface area contributed by atoms with E-state index in [-0.39, 0.29) is 23.8 Å². The van der Waals surface area contributed by atoms with Crippen molar-refractivity contribution < 1.29 is 9.59 Å². The Morgan fingerprint density at radius 2 is 1.94 bits per heavy atom. The molecule has 1 aromatic carbocycles. The fourth-order valence-electron chi connectivity index (χ4n) is 3.44. The van der Waals surface area contributed by atoms with Gasteiger partial charge in [-0.2, -0.15) is 5.26 Å². The summed E-state index contributed by atoms with van der Waals surface area (Å²) in [6, 6.07) is 11.6. The molecule has 1 aliphatic heterocycles. The van der Waals surface area contributed by atoms with E-state index in [9.17, 15) is 14.4 Å². The molecule has 2 heterocycles. The number of aryl methyl sites for hydroxylation is 3. The Kier molecular flexibility index (Phi) is 7.84. The molecule has 170 valence electrons. The lowest BCUT2D eigenvalue weighted by Gasteiger charge is -2.15. The highest BCUT2D eigenvalue weighted by molar-refractivity contribution is 8.26. The first kappa shape index (κ1) is 24.4. The Bertz CT molecular complexity index is 1240. The van der Waals surface area contributed by atoms with Gasteiger partial charge in [0, 0.05) is 18.7 Å². The van der Waals surface area contributed by atoms with E-state index >= 15 is 0 Å². The quantitative estimate of drug-likeness (QED) is 0.480.